The van der Waals surface area contributed by atoms with Crippen LogP contribution in [0.3, 0.4) is 0 Å². The molecule has 6 nitrogen and oxygen atoms in total. The lowest BCUT2D eigenvalue weighted by Crippen LogP contribution is -2.27. The number of ether oxygens (including phenoxy) is 1. The number of aromatic nitrogens is 4. The molecule has 0 radical (unpaired) electrons. The molecule has 0 saturated carbocycles. The first-order valence-corrected chi connectivity index (χ1v) is 8.25. The molecule has 4 heterocycles. The second kappa shape index (κ2) is 5.65. The highest BCUT2D eigenvalue weighted by atomic mass is 32.1. The van der Waals surface area contributed by atoms with Crippen LogP contribution in [0.5, 0.6) is 5.88 Å². The maximum absolute atomic E-state index is 12.1. The molecule has 0 bridgehead atoms. The Morgan fingerprint density at radius 1 is 1.33 bits per heavy atom. The van der Waals surface area contributed by atoms with Crippen molar-refractivity contribution >= 4 is 11.3 Å². The number of hydrogen-bond acceptors (Lipinski definition) is 5. The van der Waals surface area contributed by atoms with Gasteiger partial charge in [0.1, 0.15) is 0 Å². The number of rotatable bonds is 1. The van der Waals surface area contributed by atoms with Gasteiger partial charge in [-0.2, -0.15) is 10.1 Å². The van der Waals surface area contributed by atoms with Crippen LogP contribution in [0.4, 0.5) is 0 Å². The third-order valence-corrected chi connectivity index (χ3v) is 4.99. The second-order valence-corrected chi connectivity index (χ2v) is 6.54. The van der Waals surface area contributed by atoms with Crippen LogP contribution in [-0.2, 0) is 20.0 Å². The SMILES string of the molecule is COc1cc2n(c(=O)n1)CCc1cc(C#Cc3cnn(C)c3)sc1-2. The summed E-state index contributed by atoms with van der Waals surface area (Å²) in [6.45, 7) is 0.629. The first kappa shape index (κ1) is 14.7. The Kier molecular flexibility index (Phi) is 3.47. The molecule has 120 valence electrons. The van der Waals surface area contributed by atoms with E-state index in [1.165, 1.54) is 12.7 Å². The smallest absolute Gasteiger partial charge is 0.351 e. The van der Waals surface area contributed by atoms with Gasteiger partial charge in [-0.1, -0.05) is 11.8 Å². The minimum absolute atomic E-state index is 0.272. The summed E-state index contributed by atoms with van der Waals surface area (Å²) in [5.74, 6) is 6.65. The van der Waals surface area contributed by atoms with Gasteiger partial charge in [0.05, 0.1) is 34.3 Å². The zero-order valence-electron chi connectivity index (χ0n) is 13.2. The Bertz CT molecular complexity index is 1050. The highest BCUT2D eigenvalue weighted by molar-refractivity contribution is 7.16. The molecule has 0 aromatic carbocycles. The van der Waals surface area contributed by atoms with E-state index in [-0.39, 0.29) is 5.69 Å². The summed E-state index contributed by atoms with van der Waals surface area (Å²) in [6, 6.07) is 3.92. The number of aryl methyl sites for hydroxylation is 2. The predicted octanol–water partition coefficient (Wildman–Crippen LogP) is 1.67. The molecular weight excluding hydrogens is 324 g/mol. The molecule has 3 aromatic heterocycles. The topological polar surface area (TPSA) is 61.9 Å². The fraction of sp³-hybridized carbons (Fsp3) is 0.235. The standard InChI is InChI=1S/C17H14N4O2S/c1-20-10-11(9-18-20)3-4-13-7-12-5-6-21-14(16(12)24-13)8-15(23-2)19-17(21)22/h7-10H,5-6H2,1-2H3. The molecule has 4 rings (SSSR count). The number of hydrogen-bond donors (Lipinski definition) is 0. The molecule has 0 fully saturated rings. The quantitative estimate of drug-likeness (QED) is 0.633. The van der Waals surface area contributed by atoms with Gasteiger partial charge < -0.3 is 4.74 Å². The summed E-state index contributed by atoms with van der Waals surface area (Å²) in [6.07, 6.45) is 4.43. The molecule has 0 saturated heterocycles. The number of fused-ring (bicyclic) bond motifs is 3. The van der Waals surface area contributed by atoms with Crippen molar-refractivity contribution in [3.63, 3.8) is 0 Å². The molecule has 0 amide bonds. The first-order chi connectivity index (χ1) is 11.6. The summed E-state index contributed by atoms with van der Waals surface area (Å²) in [5.41, 5.74) is 2.67. The lowest BCUT2D eigenvalue weighted by molar-refractivity contribution is 0.392. The Labute approximate surface area is 142 Å². The first-order valence-electron chi connectivity index (χ1n) is 7.43. The van der Waals surface area contributed by atoms with Gasteiger partial charge in [-0.3, -0.25) is 9.25 Å². The van der Waals surface area contributed by atoms with E-state index < -0.39 is 0 Å². The highest BCUT2D eigenvalue weighted by Gasteiger charge is 2.21. The fourth-order valence-electron chi connectivity index (χ4n) is 2.74. The summed E-state index contributed by atoms with van der Waals surface area (Å²) in [4.78, 5) is 18.1. The maximum atomic E-state index is 12.1. The molecule has 0 atom stereocenters. The molecule has 0 spiro atoms. The zero-order chi connectivity index (χ0) is 16.7. The molecule has 24 heavy (non-hydrogen) atoms. The van der Waals surface area contributed by atoms with Crippen molar-refractivity contribution in [1.82, 2.24) is 19.3 Å². The summed E-state index contributed by atoms with van der Waals surface area (Å²) in [7, 11) is 3.38. The van der Waals surface area contributed by atoms with Crippen molar-refractivity contribution in [2.75, 3.05) is 7.11 Å². The Balaban J connectivity index is 1.77. The van der Waals surface area contributed by atoms with E-state index >= 15 is 0 Å². The van der Waals surface area contributed by atoms with Gasteiger partial charge >= 0.3 is 5.69 Å². The zero-order valence-corrected chi connectivity index (χ0v) is 14.1. The van der Waals surface area contributed by atoms with Crippen LogP contribution in [0, 0.1) is 11.8 Å². The van der Waals surface area contributed by atoms with Gasteiger partial charge in [-0.15, -0.1) is 11.3 Å². The van der Waals surface area contributed by atoms with Crippen molar-refractivity contribution in [2.24, 2.45) is 7.05 Å². The van der Waals surface area contributed by atoms with E-state index in [4.69, 9.17) is 4.74 Å². The normalized spacial score (nSPS) is 12.1. The van der Waals surface area contributed by atoms with Crippen LogP contribution in [0.15, 0.2) is 29.3 Å². The van der Waals surface area contributed by atoms with E-state index in [0.29, 0.717) is 12.4 Å². The summed E-state index contributed by atoms with van der Waals surface area (Å²) < 4.78 is 8.56. The predicted molar refractivity (Wildman–Crippen MR) is 91.3 cm³/mol. The van der Waals surface area contributed by atoms with Crippen molar-refractivity contribution in [2.45, 2.75) is 13.0 Å². The molecule has 7 heteroatoms. The minimum atomic E-state index is -0.272. The van der Waals surface area contributed by atoms with Gasteiger partial charge in [0.2, 0.25) is 5.88 Å². The Hall–Kier alpha value is -2.85. The second-order valence-electron chi connectivity index (χ2n) is 5.49. The van der Waals surface area contributed by atoms with Crippen LogP contribution < -0.4 is 10.4 Å². The lowest BCUT2D eigenvalue weighted by Gasteiger charge is -2.18. The van der Waals surface area contributed by atoms with Crippen LogP contribution in [0.25, 0.3) is 10.6 Å². The van der Waals surface area contributed by atoms with E-state index in [1.807, 2.05) is 19.3 Å². The van der Waals surface area contributed by atoms with Gasteiger partial charge in [-0.05, 0) is 18.1 Å². The van der Waals surface area contributed by atoms with Gasteiger partial charge in [0, 0.05) is 25.9 Å². The van der Waals surface area contributed by atoms with Crippen LogP contribution in [0.2, 0.25) is 0 Å². The summed E-state index contributed by atoms with van der Waals surface area (Å²) >= 11 is 1.59. The van der Waals surface area contributed by atoms with Crippen molar-refractivity contribution < 1.29 is 4.74 Å². The molecule has 1 aliphatic heterocycles. The average molecular weight is 338 g/mol. The van der Waals surface area contributed by atoms with Crippen LogP contribution in [-0.4, -0.2) is 26.4 Å². The van der Waals surface area contributed by atoms with Crippen molar-refractivity contribution in [3.8, 4) is 28.3 Å². The molecule has 0 unspecified atom stereocenters. The van der Waals surface area contributed by atoms with Crippen LogP contribution >= 0.6 is 11.3 Å². The molecular formula is C17H14N4O2S. The monoisotopic (exact) mass is 338 g/mol. The molecule has 0 N–H and O–H groups in total. The van der Waals surface area contributed by atoms with Crippen LogP contribution in [0.1, 0.15) is 16.0 Å². The number of thiophene rings is 1. The Morgan fingerprint density at radius 3 is 2.96 bits per heavy atom. The van der Waals surface area contributed by atoms with Gasteiger partial charge in [0.25, 0.3) is 0 Å². The van der Waals surface area contributed by atoms with E-state index in [2.05, 4.69) is 28.0 Å². The third-order valence-electron chi connectivity index (χ3n) is 3.88. The lowest BCUT2D eigenvalue weighted by atomic mass is 10.1. The molecule has 1 aliphatic rings. The van der Waals surface area contributed by atoms with E-state index in [0.717, 1.165) is 27.4 Å². The minimum Gasteiger partial charge on any atom is -0.481 e. The van der Waals surface area contributed by atoms with Crippen molar-refractivity contribution in [1.29, 1.82) is 0 Å². The number of methoxy groups -OCH3 is 1. The fourth-order valence-corrected chi connectivity index (χ4v) is 3.83. The molecule has 3 aromatic rings. The van der Waals surface area contributed by atoms with Crippen molar-refractivity contribution in [3.05, 3.63) is 51.0 Å². The van der Waals surface area contributed by atoms with Gasteiger partial charge in [0.15, 0.2) is 0 Å². The average Bonchev–Trinajstić information content (AvgIpc) is 3.18. The third kappa shape index (κ3) is 2.51. The van der Waals surface area contributed by atoms with E-state index in [1.54, 1.807) is 26.8 Å². The van der Waals surface area contributed by atoms with Gasteiger partial charge in [-0.25, -0.2) is 4.79 Å². The Morgan fingerprint density at radius 2 is 2.21 bits per heavy atom. The maximum Gasteiger partial charge on any atom is 0.351 e. The molecule has 0 aliphatic carbocycles. The summed E-state index contributed by atoms with van der Waals surface area (Å²) in [5, 5.41) is 4.11. The number of nitrogens with zero attached hydrogens (tertiary/aromatic N) is 4. The van der Waals surface area contributed by atoms with E-state index in [9.17, 15) is 4.79 Å². The highest BCUT2D eigenvalue weighted by Crippen LogP contribution is 2.36. The largest absolute Gasteiger partial charge is 0.481 e.